The molecule has 6 rings (SSSR count). The number of rotatable bonds is 6. The Morgan fingerprint density at radius 3 is 1.78 bits per heavy atom. The van der Waals surface area contributed by atoms with Crippen LogP contribution in [-0.2, 0) is 23.7 Å². The fourth-order valence-electron chi connectivity index (χ4n) is 7.74. The first-order chi connectivity index (χ1) is 24.0. The number of carbonyl (C=O) groups excluding carboxylic acids is 3. The molecule has 2 aromatic carbocycles. The van der Waals surface area contributed by atoms with E-state index in [0.29, 0.717) is 51.4 Å². The number of ether oxygens (including phenoxy) is 4. The quantitative estimate of drug-likeness (QED) is 0.362. The molecule has 4 aliphatic heterocycles. The molecular weight excluding hydrogens is 648 g/mol. The SMILES string of the molecule is C[C@H](c1ccccc1)N1C[C@@H]2COCC[C@@]2(NC(=O)OC(C)(C)C)C1.C[C@H](c1ccccc1)N1C[C@]2(NC(=O)OC(C)(C)C)CCOC[C@H]2C1=O. The van der Waals surface area contributed by atoms with Gasteiger partial charge in [-0.05, 0) is 79.4 Å². The van der Waals surface area contributed by atoms with Gasteiger partial charge in [-0.15, -0.1) is 0 Å². The van der Waals surface area contributed by atoms with Gasteiger partial charge in [0.15, 0.2) is 0 Å². The van der Waals surface area contributed by atoms with Crippen molar-refractivity contribution in [1.29, 1.82) is 0 Å². The van der Waals surface area contributed by atoms with Crippen LogP contribution in [0.4, 0.5) is 9.59 Å². The molecule has 3 amide bonds. The van der Waals surface area contributed by atoms with Gasteiger partial charge in [0.25, 0.3) is 0 Å². The number of fused-ring (bicyclic) bond motifs is 2. The Hall–Kier alpha value is -3.67. The number of amides is 3. The van der Waals surface area contributed by atoms with Gasteiger partial charge in [-0.3, -0.25) is 9.69 Å². The van der Waals surface area contributed by atoms with Crippen LogP contribution >= 0.6 is 0 Å². The van der Waals surface area contributed by atoms with Crippen LogP contribution in [0.3, 0.4) is 0 Å². The minimum Gasteiger partial charge on any atom is -0.444 e. The van der Waals surface area contributed by atoms with Crippen LogP contribution in [-0.4, -0.2) is 96.2 Å². The maximum atomic E-state index is 13.1. The van der Waals surface area contributed by atoms with Gasteiger partial charge in [0.05, 0.1) is 36.3 Å². The van der Waals surface area contributed by atoms with E-state index in [-0.39, 0.29) is 29.5 Å². The number of hydrogen-bond acceptors (Lipinski definition) is 8. The minimum atomic E-state index is -0.638. The van der Waals surface area contributed by atoms with Crippen molar-refractivity contribution >= 4 is 18.1 Å². The molecule has 2 aromatic rings. The molecule has 0 aliphatic carbocycles. The van der Waals surface area contributed by atoms with E-state index in [2.05, 4.69) is 46.7 Å². The van der Waals surface area contributed by atoms with E-state index >= 15 is 0 Å². The van der Waals surface area contributed by atoms with E-state index < -0.39 is 22.8 Å². The summed E-state index contributed by atoms with van der Waals surface area (Å²) in [5.74, 6) is -0.0630. The van der Waals surface area contributed by atoms with Gasteiger partial charge in [0.2, 0.25) is 5.91 Å². The van der Waals surface area contributed by atoms with Gasteiger partial charge in [-0.25, -0.2) is 9.59 Å². The van der Waals surface area contributed by atoms with Crippen molar-refractivity contribution in [1.82, 2.24) is 20.4 Å². The molecule has 0 saturated carbocycles. The zero-order valence-electron chi connectivity index (χ0n) is 31.7. The van der Waals surface area contributed by atoms with Crippen LogP contribution in [0.5, 0.6) is 0 Å². The van der Waals surface area contributed by atoms with Crippen LogP contribution < -0.4 is 10.6 Å². The van der Waals surface area contributed by atoms with Crippen LogP contribution in [0.15, 0.2) is 60.7 Å². The molecule has 2 N–H and O–H groups in total. The van der Waals surface area contributed by atoms with Gasteiger partial charge in [0, 0.05) is 44.8 Å². The first-order valence-corrected chi connectivity index (χ1v) is 18.3. The highest BCUT2D eigenvalue weighted by atomic mass is 16.6. The summed E-state index contributed by atoms with van der Waals surface area (Å²) in [7, 11) is 0. The second-order valence-corrected chi connectivity index (χ2v) is 16.5. The number of carbonyl (C=O) groups is 3. The molecule has 4 heterocycles. The van der Waals surface area contributed by atoms with Crippen LogP contribution in [0, 0.1) is 11.8 Å². The molecule has 4 fully saturated rings. The summed E-state index contributed by atoms with van der Waals surface area (Å²) in [6.07, 6.45) is 0.621. The maximum Gasteiger partial charge on any atom is 0.408 e. The lowest BCUT2D eigenvalue weighted by atomic mass is 9.83. The zero-order chi connectivity index (χ0) is 37.0. The van der Waals surface area contributed by atoms with Crippen molar-refractivity contribution < 1.29 is 33.3 Å². The first-order valence-electron chi connectivity index (χ1n) is 18.3. The molecule has 51 heavy (non-hydrogen) atoms. The third kappa shape index (κ3) is 9.42. The van der Waals surface area contributed by atoms with Gasteiger partial charge in [-0.2, -0.15) is 0 Å². The van der Waals surface area contributed by atoms with Crippen molar-refractivity contribution in [2.45, 2.75) is 103 Å². The molecule has 0 bridgehead atoms. The fourth-order valence-corrected chi connectivity index (χ4v) is 7.74. The molecule has 4 aliphatic rings. The summed E-state index contributed by atoms with van der Waals surface area (Å²) < 4.78 is 22.2. The van der Waals surface area contributed by atoms with Crippen molar-refractivity contribution in [3.05, 3.63) is 71.8 Å². The molecule has 4 saturated heterocycles. The van der Waals surface area contributed by atoms with E-state index in [9.17, 15) is 14.4 Å². The van der Waals surface area contributed by atoms with Crippen LogP contribution in [0.2, 0.25) is 0 Å². The highest BCUT2D eigenvalue weighted by molar-refractivity contribution is 5.85. The lowest BCUT2D eigenvalue weighted by Gasteiger charge is -2.39. The van der Waals surface area contributed by atoms with Crippen molar-refractivity contribution in [2.24, 2.45) is 11.8 Å². The number of likely N-dealkylation sites (tertiary alicyclic amines) is 2. The summed E-state index contributed by atoms with van der Waals surface area (Å²) in [5, 5.41) is 6.22. The summed E-state index contributed by atoms with van der Waals surface area (Å²) in [6, 6.07) is 20.7. The zero-order valence-corrected chi connectivity index (χ0v) is 31.7. The third-order valence-electron chi connectivity index (χ3n) is 10.5. The van der Waals surface area contributed by atoms with E-state index in [1.54, 1.807) is 0 Å². The Morgan fingerprint density at radius 2 is 1.24 bits per heavy atom. The second-order valence-electron chi connectivity index (χ2n) is 16.5. The number of hydrogen-bond donors (Lipinski definition) is 2. The number of alkyl carbamates (subject to hydrolysis) is 2. The maximum absolute atomic E-state index is 13.1. The molecule has 11 nitrogen and oxygen atoms in total. The topological polar surface area (TPSA) is 119 Å². The van der Waals surface area contributed by atoms with Crippen molar-refractivity contribution in [3.8, 4) is 0 Å². The summed E-state index contributed by atoms with van der Waals surface area (Å²) in [4.78, 5) is 42.2. The molecule has 11 heteroatoms. The Morgan fingerprint density at radius 1 is 0.745 bits per heavy atom. The lowest BCUT2D eigenvalue weighted by molar-refractivity contribution is -0.136. The van der Waals surface area contributed by atoms with Crippen LogP contribution in [0.1, 0.15) is 91.4 Å². The average molecular weight is 707 g/mol. The summed E-state index contributed by atoms with van der Waals surface area (Å²) in [5.41, 5.74) is 0.407. The van der Waals surface area contributed by atoms with E-state index in [0.717, 1.165) is 25.1 Å². The fraction of sp³-hybridized carbons (Fsp3) is 0.625. The Kier molecular flexibility index (Phi) is 11.7. The monoisotopic (exact) mass is 706 g/mol. The van der Waals surface area contributed by atoms with Crippen molar-refractivity contribution in [2.75, 3.05) is 46.1 Å². The number of nitrogens with zero attached hydrogens (tertiary/aromatic N) is 2. The molecule has 0 radical (unpaired) electrons. The standard InChI is InChI=1S/C20H28N2O4.C20H30N2O3/c1-14(15-8-6-5-7-9-15)22-13-20(21-18(24)26-19(2,3)4)10-11-25-12-16(20)17(22)23;1-15(16-8-6-5-7-9-16)22-12-17-13-24-11-10-20(17,14-22)21-18(23)25-19(2,3)4/h5-9,14,16H,10-13H2,1-4H3,(H,21,24);5-9,15,17H,10-14H2,1-4H3,(H,21,23)/t14-,16+,20-;15-,17-,20-/m11/s1. The largest absolute Gasteiger partial charge is 0.444 e. The van der Waals surface area contributed by atoms with E-state index in [4.69, 9.17) is 18.9 Å². The third-order valence-corrected chi connectivity index (χ3v) is 10.5. The summed E-state index contributed by atoms with van der Waals surface area (Å²) >= 11 is 0. The normalized spacial score (nSPS) is 27.6. The molecule has 0 spiro atoms. The van der Waals surface area contributed by atoms with Crippen molar-refractivity contribution in [3.63, 3.8) is 0 Å². The molecule has 6 atom stereocenters. The molecule has 0 aromatic heterocycles. The van der Waals surface area contributed by atoms with E-state index in [1.165, 1.54) is 5.56 Å². The predicted molar refractivity (Wildman–Crippen MR) is 195 cm³/mol. The predicted octanol–water partition coefficient (Wildman–Crippen LogP) is 6.25. The first kappa shape index (κ1) is 38.6. The molecular formula is C40H58N4O7. The lowest BCUT2D eigenvalue weighted by Crippen LogP contribution is -2.59. The summed E-state index contributed by atoms with van der Waals surface area (Å²) in [6.45, 7) is 19.9. The smallest absolute Gasteiger partial charge is 0.408 e. The van der Waals surface area contributed by atoms with Gasteiger partial charge >= 0.3 is 12.2 Å². The highest BCUT2D eigenvalue weighted by Crippen LogP contribution is 2.40. The Labute approximate surface area is 303 Å². The molecule has 0 unspecified atom stereocenters. The number of benzene rings is 2. The van der Waals surface area contributed by atoms with Crippen LogP contribution in [0.25, 0.3) is 0 Å². The number of nitrogens with one attached hydrogen (secondary N) is 2. The van der Waals surface area contributed by atoms with Gasteiger partial charge in [-0.1, -0.05) is 60.7 Å². The van der Waals surface area contributed by atoms with Gasteiger partial charge < -0.3 is 34.5 Å². The second kappa shape index (κ2) is 15.5. The minimum absolute atomic E-state index is 0.0251. The molecule has 280 valence electrons. The van der Waals surface area contributed by atoms with E-state index in [1.807, 2.05) is 89.8 Å². The van der Waals surface area contributed by atoms with Gasteiger partial charge in [0.1, 0.15) is 11.2 Å². The Bertz CT molecular complexity index is 1490. The Balaban J connectivity index is 0.000000198. The highest BCUT2D eigenvalue weighted by Gasteiger charge is 2.56. The average Bonchev–Trinajstić information content (AvgIpc) is 3.58.